The Kier molecular flexibility index (Phi) is 4.61. The molecule has 3 nitrogen and oxygen atoms in total. The molecule has 2 aliphatic rings. The van der Waals surface area contributed by atoms with Crippen LogP contribution >= 0.6 is 11.6 Å². The molecule has 0 aliphatic carbocycles. The fourth-order valence-corrected chi connectivity index (χ4v) is 3.54. The van der Waals surface area contributed by atoms with Crippen molar-refractivity contribution in [2.24, 2.45) is 0 Å². The zero-order chi connectivity index (χ0) is 13.9. The molecule has 4 heteroatoms. The van der Waals surface area contributed by atoms with Gasteiger partial charge in [0.25, 0.3) is 0 Å². The van der Waals surface area contributed by atoms with E-state index in [2.05, 4.69) is 34.2 Å². The number of benzene rings is 1. The average Bonchev–Trinajstić information content (AvgIpc) is 2.44. The van der Waals surface area contributed by atoms with Crippen LogP contribution in [0.4, 0.5) is 0 Å². The van der Waals surface area contributed by atoms with Crippen molar-refractivity contribution >= 4 is 11.6 Å². The molecule has 20 heavy (non-hydrogen) atoms. The third kappa shape index (κ3) is 3.01. The van der Waals surface area contributed by atoms with Crippen LogP contribution in [0.1, 0.15) is 24.9 Å². The van der Waals surface area contributed by atoms with Crippen molar-refractivity contribution in [2.75, 3.05) is 39.3 Å². The molecule has 1 unspecified atom stereocenters. The number of hydrogen-bond acceptors (Lipinski definition) is 3. The molecule has 0 saturated carbocycles. The van der Waals surface area contributed by atoms with E-state index in [1.807, 2.05) is 12.1 Å². The Hall–Kier alpha value is -0.610. The number of nitrogens with one attached hydrogen (secondary N) is 1. The fourth-order valence-electron chi connectivity index (χ4n) is 3.41. The Bertz CT molecular complexity index is 422. The van der Waals surface area contributed by atoms with Crippen LogP contribution in [0.25, 0.3) is 0 Å². The second-order valence-electron chi connectivity index (χ2n) is 5.87. The summed E-state index contributed by atoms with van der Waals surface area (Å²) in [7, 11) is 0. The summed E-state index contributed by atoms with van der Waals surface area (Å²) < 4.78 is 0. The Labute approximate surface area is 126 Å². The number of likely N-dealkylation sites (tertiary alicyclic amines) is 1. The molecular weight excluding hydrogens is 270 g/mol. The van der Waals surface area contributed by atoms with Crippen molar-refractivity contribution < 1.29 is 0 Å². The normalized spacial score (nSPS) is 23.5. The van der Waals surface area contributed by atoms with Crippen LogP contribution < -0.4 is 5.32 Å². The quantitative estimate of drug-likeness (QED) is 0.919. The molecule has 0 aromatic heterocycles. The predicted molar refractivity (Wildman–Crippen MR) is 84.3 cm³/mol. The van der Waals surface area contributed by atoms with E-state index in [-0.39, 0.29) is 0 Å². The summed E-state index contributed by atoms with van der Waals surface area (Å²) in [4.78, 5) is 5.25. The van der Waals surface area contributed by atoms with Gasteiger partial charge in [-0.1, -0.05) is 30.7 Å². The summed E-state index contributed by atoms with van der Waals surface area (Å²) in [5.74, 6) is 0. The molecule has 2 fully saturated rings. The maximum Gasteiger partial charge on any atom is 0.0406 e. The van der Waals surface area contributed by atoms with E-state index < -0.39 is 0 Å². The predicted octanol–water partition coefficient (Wildman–Crippen LogP) is 2.38. The Morgan fingerprint density at radius 3 is 2.45 bits per heavy atom. The molecular formula is C16H24ClN3. The number of rotatable bonds is 4. The smallest absolute Gasteiger partial charge is 0.0406 e. The molecule has 110 valence electrons. The third-order valence-electron chi connectivity index (χ3n) is 4.64. The second kappa shape index (κ2) is 6.44. The van der Waals surface area contributed by atoms with E-state index in [9.17, 15) is 0 Å². The van der Waals surface area contributed by atoms with Gasteiger partial charge in [-0.05, 0) is 24.1 Å². The first-order chi connectivity index (χ1) is 9.78. The maximum atomic E-state index is 5.99. The minimum absolute atomic E-state index is 0.548. The number of piperazine rings is 1. The van der Waals surface area contributed by atoms with Crippen molar-refractivity contribution in [3.63, 3.8) is 0 Å². The number of nitrogens with zero attached hydrogens (tertiary/aromatic N) is 2. The van der Waals surface area contributed by atoms with Gasteiger partial charge < -0.3 is 5.32 Å². The standard InChI is InChI=1S/C16H24ClN3/c1-2-16(13-3-5-14(17)6-4-13)20-11-15(12-20)19-9-7-18-8-10-19/h3-6,15-16,18H,2,7-12H2,1H3. The van der Waals surface area contributed by atoms with Crippen molar-refractivity contribution in [1.82, 2.24) is 15.1 Å². The highest BCUT2D eigenvalue weighted by Crippen LogP contribution is 2.31. The average molecular weight is 294 g/mol. The molecule has 0 radical (unpaired) electrons. The Morgan fingerprint density at radius 1 is 1.20 bits per heavy atom. The molecule has 0 bridgehead atoms. The molecule has 2 saturated heterocycles. The highest BCUT2D eigenvalue weighted by atomic mass is 35.5. The van der Waals surface area contributed by atoms with Crippen LogP contribution in [-0.4, -0.2) is 55.1 Å². The van der Waals surface area contributed by atoms with Gasteiger partial charge in [-0.25, -0.2) is 0 Å². The lowest BCUT2D eigenvalue weighted by Gasteiger charge is -2.50. The maximum absolute atomic E-state index is 5.99. The summed E-state index contributed by atoms with van der Waals surface area (Å²) in [5.41, 5.74) is 1.40. The first kappa shape index (κ1) is 14.3. The van der Waals surface area contributed by atoms with Gasteiger partial charge in [0.05, 0.1) is 0 Å². The van der Waals surface area contributed by atoms with Gasteiger partial charge >= 0.3 is 0 Å². The van der Waals surface area contributed by atoms with Gasteiger partial charge in [0, 0.05) is 56.4 Å². The molecule has 1 N–H and O–H groups in total. The van der Waals surface area contributed by atoms with Crippen LogP contribution in [0.5, 0.6) is 0 Å². The first-order valence-electron chi connectivity index (χ1n) is 7.72. The zero-order valence-corrected chi connectivity index (χ0v) is 12.9. The molecule has 2 aliphatic heterocycles. The van der Waals surface area contributed by atoms with E-state index >= 15 is 0 Å². The number of hydrogen-bond donors (Lipinski definition) is 1. The van der Waals surface area contributed by atoms with Crippen LogP contribution in [0.2, 0.25) is 5.02 Å². The summed E-state index contributed by atoms with van der Waals surface area (Å²) in [6.45, 7) is 9.39. The van der Waals surface area contributed by atoms with Crippen molar-refractivity contribution in [3.8, 4) is 0 Å². The van der Waals surface area contributed by atoms with Crippen molar-refractivity contribution in [1.29, 1.82) is 0 Å². The van der Waals surface area contributed by atoms with E-state index in [1.165, 1.54) is 31.7 Å². The number of halogens is 1. The van der Waals surface area contributed by atoms with Gasteiger partial charge in [0.1, 0.15) is 0 Å². The summed E-state index contributed by atoms with van der Waals surface area (Å²) in [6, 6.07) is 9.67. The lowest BCUT2D eigenvalue weighted by molar-refractivity contribution is -0.00233. The first-order valence-corrected chi connectivity index (χ1v) is 8.10. The van der Waals surface area contributed by atoms with Gasteiger partial charge in [0.2, 0.25) is 0 Å². The van der Waals surface area contributed by atoms with Gasteiger partial charge in [0.15, 0.2) is 0 Å². The summed E-state index contributed by atoms with van der Waals surface area (Å²) >= 11 is 5.99. The molecule has 1 aromatic carbocycles. The minimum Gasteiger partial charge on any atom is -0.314 e. The molecule has 0 amide bonds. The van der Waals surface area contributed by atoms with Gasteiger partial charge in [-0.15, -0.1) is 0 Å². The fraction of sp³-hybridized carbons (Fsp3) is 0.625. The molecule has 1 aromatic rings. The van der Waals surface area contributed by atoms with Crippen LogP contribution in [0.3, 0.4) is 0 Å². The van der Waals surface area contributed by atoms with Crippen LogP contribution in [0, 0.1) is 0 Å². The lowest BCUT2D eigenvalue weighted by atomic mass is 9.96. The molecule has 2 heterocycles. The highest BCUT2D eigenvalue weighted by molar-refractivity contribution is 6.30. The molecule has 1 atom stereocenters. The minimum atomic E-state index is 0.548. The SMILES string of the molecule is CCC(c1ccc(Cl)cc1)N1CC(N2CCNCC2)C1. The van der Waals surface area contributed by atoms with Crippen molar-refractivity contribution in [2.45, 2.75) is 25.4 Å². The van der Waals surface area contributed by atoms with Gasteiger partial charge in [-0.3, -0.25) is 9.80 Å². The zero-order valence-electron chi connectivity index (χ0n) is 12.2. The Balaban J connectivity index is 1.57. The van der Waals surface area contributed by atoms with Crippen LogP contribution in [-0.2, 0) is 0 Å². The van der Waals surface area contributed by atoms with Crippen LogP contribution in [0.15, 0.2) is 24.3 Å². The van der Waals surface area contributed by atoms with E-state index in [4.69, 9.17) is 11.6 Å². The molecule has 0 spiro atoms. The van der Waals surface area contributed by atoms with Crippen molar-refractivity contribution in [3.05, 3.63) is 34.9 Å². The lowest BCUT2D eigenvalue weighted by Crippen LogP contribution is -2.63. The highest BCUT2D eigenvalue weighted by Gasteiger charge is 2.35. The second-order valence-corrected chi connectivity index (χ2v) is 6.31. The van der Waals surface area contributed by atoms with E-state index in [0.29, 0.717) is 6.04 Å². The summed E-state index contributed by atoms with van der Waals surface area (Å²) in [6.07, 6.45) is 1.16. The van der Waals surface area contributed by atoms with E-state index in [0.717, 1.165) is 30.6 Å². The third-order valence-corrected chi connectivity index (χ3v) is 4.89. The van der Waals surface area contributed by atoms with E-state index in [1.54, 1.807) is 0 Å². The largest absolute Gasteiger partial charge is 0.314 e. The summed E-state index contributed by atoms with van der Waals surface area (Å²) in [5, 5.41) is 4.25. The monoisotopic (exact) mass is 293 g/mol. The van der Waals surface area contributed by atoms with Gasteiger partial charge in [-0.2, -0.15) is 0 Å². The topological polar surface area (TPSA) is 18.5 Å². The Morgan fingerprint density at radius 2 is 1.85 bits per heavy atom. The molecule has 3 rings (SSSR count).